The van der Waals surface area contributed by atoms with E-state index in [1.54, 1.807) is 31.3 Å². The Hall–Kier alpha value is -4.10. The van der Waals surface area contributed by atoms with Crippen molar-refractivity contribution in [1.82, 2.24) is 15.0 Å². The van der Waals surface area contributed by atoms with Crippen LogP contribution in [0.5, 0.6) is 11.5 Å². The summed E-state index contributed by atoms with van der Waals surface area (Å²) in [6.45, 7) is 6.12. The van der Waals surface area contributed by atoms with E-state index in [4.69, 9.17) is 9.84 Å². The van der Waals surface area contributed by atoms with Gasteiger partial charge in [0.2, 0.25) is 0 Å². The molecule has 6 nitrogen and oxygen atoms in total. The van der Waals surface area contributed by atoms with Crippen LogP contribution in [-0.2, 0) is 17.6 Å². The molecule has 3 N–H and O–H groups in total. The molecule has 0 aliphatic rings. The number of nitrogens with zero attached hydrogens (tertiary/aromatic N) is 1. The fourth-order valence-corrected chi connectivity index (χ4v) is 5.68. The fraction of sp³-hybridized carbons (Fsp3) is 0.250. The molecular formula is C32H31F3N3O3P. The van der Waals surface area contributed by atoms with E-state index in [0.29, 0.717) is 28.8 Å². The largest absolute Gasteiger partial charge is 0.481 e. The number of carboxylic acids is 1. The number of benzene rings is 3. The van der Waals surface area contributed by atoms with Crippen molar-refractivity contribution in [2.45, 2.75) is 32.1 Å². The first kappa shape index (κ1) is 29.4. The van der Waals surface area contributed by atoms with Crippen LogP contribution in [-0.4, -0.2) is 45.5 Å². The zero-order valence-corrected chi connectivity index (χ0v) is 24.4. The van der Waals surface area contributed by atoms with E-state index in [-0.39, 0.29) is 43.7 Å². The van der Waals surface area contributed by atoms with Crippen LogP contribution in [0.4, 0.5) is 13.2 Å². The molecule has 218 valence electrons. The maximum Gasteiger partial charge on any atom is 0.303 e. The number of halogens is 3. The second-order valence-corrected chi connectivity index (χ2v) is 13.1. The SMILES string of the molecule is CC(c1cnc(-c2cc(Oc3c(F)cc4[nH]ccc4c3CCP(C)C)ccc2F)[nH]1)c1cccc(CCC(=O)O)c1F. The van der Waals surface area contributed by atoms with Crippen LogP contribution in [0.1, 0.15) is 41.6 Å². The molecule has 0 saturated carbocycles. The first-order valence-electron chi connectivity index (χ1n) is 13.6. The lowest BCUT2D eigenvalue weighted by atomic mass is 9.94. The molecule has 0 amide bonds. The average molecular weight is 594 g/mol. The molecular weight excluding hydrogens is 562 g/mol. The summed E-state index contributed by atoms with van der Waals surface area (Å²) in [7, 11) is -0.212. The normalized spacial score (nSPS) is 12.3. The summed E-state index contributed by atoms with van der Waals surface area (Å²) in [6.07, 6.45) is 4.72. The third-order valence-corrected chi connectivity index (χ3v) is 8.45. The molecule has 5 aromatic rings. The summed E-state index contributed by atoms with van der Waals surface area (Å²) in [6, 6.07) is 12.3. The molecule has 5 rings (SSSR count). The predicted octanol–water partition coefficient (Wildman–Crippen LogP) is 8.22. The monoisotopic (exact) mass is 593 g/mol. The van der Waals surface area contributed by atoms with Crippen LogP contribution in [0.15, 0.2) is 60.9 Å². The first-order valence-corrected chi connectivity index (χ1v) is 16.0. The number of carboxylic acid groups (broad SMARTS) is 1. The topological polar surface area (TPSA) is 91.0 Å². The number of imidazole rings is 1. The molecule has 1 unspecified atom stereocenters. The number of aliphatic carboxylic acids is 1. The van der Waals surface area contributed by atoms with E-state index in [1.807, 2.05) is 6.07 Å². The number of hydrogen-bond donors (Lipinski definition) is 3. The molecule has 0 saturated heterocycles. The van der Waals surface area contributed by atoms with Crippen molar-refractivity contribution in [2.24, 2.45) is 0 Å². The number of aromatic nitrogens is 3. The summed E-state index contributed by atoms with van der Waals surface area (Å²) < 4.78 is 51.6. The number of hydrogen-bond acceptors (Lipinski definition) is 3. The summed E-state index contributed by atoms with van der Waals surface area (Å²) >= 11 is 0. The van der Waals surface area contributed by atoms with Crippen LogP contribution in [0, 0.1) is 17.5 Å². The van der Waals surface area contributed by atoms with Crippen LogP contribution >= 0.6 is 7.92 Å². The van der Waals surface area contributed by atoms with Gasteiger partial charge in [0.25, 0.3) is 0 Å². The molecule has 0 fully saturated rings. The lowest BCUT2D eigenvalue weighted by Gasteiger charge is -2.15. The third-order valence-electron chi connectivity index (χ3n) is 7.33. The molecule has 0 spiro atoms. The van der Waals surface area contributed by atoms with Crippen molar-refractivity contribution in [1.29, 1.82) is 0 Å². The number of carbonyl (C=O) groups is 1. The molecule has 2 aromatic heterocycles. The van der Waals surface area contributed by atoms with Gasteiger partial charge in [-0.1, -0.05) is 25.1 Å². The summed E-state index contributed by atoms with van der Waals surface area (Å²) in [4.78, 5) is 21.4. The Kier molecular flexibility index (Phi) is 8.69. The summed E-state index contributed by atoms with van der Waals surface area (Å²) in [5, 5.41) is 9.85. The zero-order chi connectivity index (χ0) is 30.0. The number of nitrogens with one attached hydrogen (secondary N) is 2. The van der Waals surface area contributed by atoms with E-state index >= 15 is 13.2 Å². The zero-order valence-electron chi connectivity index (χ0n) is 23.5. The van der Waals surface area contributed by atoms with Crippen LogP contribution in [0.3, 0.4) is 0 Å². The van der Waals surface area contributed by atoms with E-state index in [0.717, 1.165) is 17.1 Å². The number of fused-ring (bicyclic) bond motifs is 1. The Balaban J connectivity index is 1.44. The van der Waals surface area contributed by atoms with Crippen molar-refractivity contribution in [3.05, 3.63) is 101 Å². The van der Waals surface area contributed by atoms with Crippen molar-refractivity contribution in [3.63, 3.8) is 0 Å². The lowest BCUT2D eigenvalue weighted by Crippen LogP contribution is -2.05. The minimum Gasteiger partial charge on any atom is -0.481 e. The molecule has 0 aliphatic heterocycles. The molecule has 2 heterocycles. The van der Waals surface area contributed by atoms with Crippen LogP contribution in [0.25, 0.3) is 22.3 Å². The van der Waals surface area contributed by atoms with E-state index < -0.39 is 29.3 Å². The van der Waals surface area contributed by atoms with Gasteiger partial charge in [-0.3, -0.25) is 4.79 Å². The van der Waals surface area contributed by atoms with Gasteiger partial charge in [0.15, 0.2) is 11.6 Å². The number of aryl methyl sites for hydroxylation is 2. The Bertz CT molecular complexity index is 1750. The number of ether oxygens (including phenoxy) is 1. The summed E-state index contributed by atoms with van der Waals surface area (Å²) in [5.74, 6) is -2.42. The van der Waals surface area contributed by atoms with Gasteiger partial charge in [-0.25, -0.2) is 18.2 Å². The molecule has 0 bridgehead atoms. The highest BCUT2D eigenvalue weighted by Gasteiger charge is 2.21. The van der Waals surface area contributed by atoms with Gasteiger partial charge >= 0.3 is 5.97 Å². The number of H-pyrrole nitrogens is 2. The summed E-state index contributed by atoms with van der Waals surface area (Å²) in [5.41, 5.74) is 2.80. The van der Waals surface area contributed by atoms with Gasteiger partial charge < -0.3 is 19.8 Å². The molecule has 3 aromatic carbocycles. The standard InChI is InChI=1S/C32H31F3N3O3P/c1-18(21-6-4-5-19(30(21)35)7-10-29(39)40)28-17-37-32(38-28)24-15-20(8-9-25(24)33)41-31-23(12-14-42(2)3)22-11-13-36-27(22)16-26(31)34/h4-6,8-9,11,13,15-18,36H,7,10,12,14H2,1-3H3,(H,37,38)(H,39,40). The minimum absolute atomic E-state index is 0.0751. The van der Waals surface area contributed by atoms with Crippen molar-refractivity contribution >= 4 is 24.8 Å². The highest BCUT2D eigenvalue weighted by molar-refractivity contribution is 7.55. The first-order chi connectivity index (χ1) is 20.1. The minimum atomic E-state index is -1.00. The maximum absolute atomic E-state index is 15.3. The van der Waals surface area contributed by atoms with Crippen molar-refractivity contribution < 1.29 is 27.8 Å². The maximum atomic E-state index is 15.3. The van der Waals surface area contributed by atoms with Crippen LogP contribution in [0.2, 0.25) is 0 Å². The molecule has 10 heteroatoms. The van der Waals surface area contributed by atoms with E-state index in [9.17, 15) is 4.79 Å². The van der Waals surface area contributed by atoms with Gasteiger partial charge in [0.1, 0.15) is 23.2 Å². The highest BCUT2D eigenvalue weighted by atomic mass is 31.1. The second-order valence-electron chi connectivity index (χ2n) is 10.5. The molecule has 0 aliphatic carbocycles. The van der Waals surface area contributed by atoms with Gasteiger partial charge in [-0.15, -0.1) is 7.92 Å². The Labute approximate surface area is 242 Å². The molecule has 1 atom stereocenters. The highest BCUT2D eigenvalue weighted by Crippen LogP contribution is 2.38. The predicted molar refractivity (Wildman–Crippen MR) is 160 cm³/mol. The number of rotatable bonds is 11. The van der Waals surface area contributed by atoms with Crippen molar-refractivity contribution in [2.75, 3.05) is 19.5 Å². The van der Waals surface area contributed by atoms with Crippen LogP contribution < -0.4 is 4.74 Å². The van der Waals surface area contributed by atoms with Gasteiger partial charge in [-0.05, 0) is 67.7 Å². The van der Waals surface area contributed by atoms with Gasteiger partial charge in [-0.2, -0.15) is 0 Å². The van der Waals surface area contributed by atoms with E-state index in [2.05, 4.69) is 28.3 Å². The molecule has 0 radical (unpaired) electrons. The van der Waals surface area contributed by atoms with Gasteiger partial charge in [0, 0.05) is 53.0 Å². The van der Waals surface area contributed by atoms with E-state index in [1.165, 1.54) is 30.5 Å². The fourth-order valence-electron chi connectivity index (χ4n) is 5.01. The van der Waals surface area contributed by atoms with Crippen molar-refractivity contribution in [3.8, 4) is 22.9 Å². The average Bonchev–Trinajstić information content (AvgIpc) is 3.63. The smallest absolute Gasteiger partial charge is 0.303 e. The Morgan fingerprint density at radius 1 is 1.07 bits per heavy atom. The molecule has 42 heavy (non-hydrogen) atoms. The lowest BCUT2D eigenvalue weighted by molar-refractivity contribution is -0.136. The quantitative estimate of drug-likeness (QED) is 0.135. The van der Waals surface area contributed by atoms with Gasteiger partial charge in [0.05, 0.1) is 5.56 Å². The number of aromatic amines is 2. The third kappa shape index (κ3) is 6.21. The second kappa shape index (κ2) is 12.4. The Morgan fingerprint density at radius 2 is 1.88 bits per heavy atom. The Morgan fingerprint density at radius 3 is 2.64 bits per heavy atom.